The lowest BCUT2D eigenvalue weighted by molar-refractivity contribution is 0.578. The molecule has 2 rings (SSSR count). The van der Waals surface area contributed by atoms with Gasteiger partial charge in [0.25, 0.3) is 0 Å². The van der Waals surface area contributed by atoms with Gasteiger partial charge in [0.15, 0.2) is 5.82 Å². The molecule has 1 N–H and O–H groups in total. The van der Waals surface area contributed by atoms with Crippen molar-refractivity contribution in [3.63, 3.8) is 0 Å². The topological polar surface area (TPSA) is 12.0 Å². The molecule has 2 aromatic rings. The van der Waals surface area contributed by atoms with Crippen molar-refractivity contribution in [1.82, 2.24) is 0 Å². The van der Waals surface area contributed by atoms with Crippen LogP contribution in [0.5, 0.6) is 0 Å². The summed E-state index contributed by atoms with van der Waals surface area (Å²) in [5.74, 6) is -2.06. The van der Waals surface area contributed by atoms with Gasteiger partial charge in [0.2, 0.25) is 0 Å². The van der Waals surface area contributed by atoms with E-state index in [2.05, 4.69) is 5.32 Å². The first-order valence-electron chi connectivity index (χ1n) is 6.16. The van der Waals surface area contributed by atoms with Gasteiger partial charge >= 0.3 is 0 Å². The van der Waals surface area contributed by atoms with Crippen LogP contribution >= 0.6 is 23.2 Å². The Balaban J connectivity index is 2.37. The average Bonchev–Trinajstić information content (AvgIpc) is 2.43. The van der Waals surface area contributed by atoms with Gasteiger partial charge in [0.1, 0.15) is 17.3 Å². The van der Waals surface area contributed by atoms with Gasteiger partial charge in [-0.25, -0.2) is 13.2 Å². The molecule has 6 heteroatoms. The third-order valence-electron chi connectivity index (χ3n) is 3.15. The molecule has 0 amide bonds. The maximum absolute atomic E-state index is 14.0. The fourth-order valence-electron chi connectivity index (χ4n) is 1.95. The first kappa shape index (κ1) is 16.0. The van der Waals surface area contributed by atoms with Gasteiger partial charge < -0.3 is 5.32 Å². The fourth-order valence-corrected chi connectivity index (χ4v) is 2.50. The minimum atomic E-state index is -0.726. The summed E-state index contributed by atoms with van der Waals surface area (Å²) in [6, 6.07) is 4.31. The molecule has 0 aliphatic heterocycles. The molecule has 0 saturated heterocycles. The number of hydrogen-bond donors (Lipinski definition) is 1. The highest BCUT2D eigenvalue weighted by atomic mass is 35.5. The molecule has 0 fully saturated rings. The van der Waals surface area contributed by atoms with Crippen LogP contribution in [0, 0.1) is 24.4 Å². The summed E-state index contributed by atoms with van der Waals surface area (Å²) in [6.07, 6.45) is 0. The van der Waals surface area contributed by atoms with E-state index >= 15 is 0 Å². The molecule has 0 aliphatic rings. The quantitative estimate of drug-likeness (QED) is 0.690. The first-order valence-corrected chi connectivity index (χ1v) is 6.92. The normalized spacial score (nSPS) is 12.3. The van der Waals surface area contributed by atoms with Crippen LogP contribution in [0.2, 0.25) is 10.0 Å². The molecule has 0 radical (unpaired) electrons. The maximum atomic E-state index is 14.0. The van der Waals surface area contributed by atoms with E-state index in [9.17, 15) is 13.2 Å². The second-order valence-electron chi connectivity index (χ2n) is 4.71. The zero-order valence-corrected chi connectivity index (χ0v) is 12.8. The van der Waals surface area contributed by atoms with Crippen molar-refractivity contribution < 1.29 is 13.2 Å². The summed E-state index contributed by atoms with van der Waals surface area (Å²) in [7, 11) is 0. The Morgan fingerprint density at radius 2 is 1.67 bits per heavy atom. The molecule has 0 saturated carbocycles. The highest BCUT2D eigenvalue weighted by Gasteiger charge is 2.18. The average molecular weight is 334 g/mol. The van der Waals surface area contributed by atoms with Crippen molar-refractivity contribution in [1.29, 1.82) is 0 Å². The Morgan fingerprint density at radius 1 is 1.00 bits per heavy atom. The largest absolute Gasteiger partial charge is 0.374 e. The van der Waals surface area contributed by atoms with Crippen molar-refractivity contribution in [2.45, 2.75) is 19.9 Å². The molecular formula is C15H12Cl2F3N. The smallest absolute Gasteiger partial charge is 0.152 e. The van der Waals surface area contributed by atoms with E-state index in [1.165, 1.54) is 19.1 Å². The van der Waals surface area contributed by atoms with Crippen LogP contribution in [0.25, 0.3) is 0 Å². The predicted molar refractivity (Wildman–Crippen MR) is 79.6 cm³/mol. The molecule has 2 aromatic carbocycles. The highest BCUT2D eigenvalue weighted by Crippen LogP contribution is 2.32. The minimum Gasteiger partial charge on any atom is -0.374 e. The number of halogens is 5. The number of benzene rings is 2. The first-order chi connectivity index (χ1) is 9.81. The molecule has 0 spiro atoms. The van der Waals surface area contributed by atoms with E-state index in [0.29, 0.717) is 11.1 Å². The van der Waals surface area contributed by atoms with Crippen LogP contribution < -0.4 is 5.32 Å². The van der Waals surface area contributed by atoms with E-state index in [1.807, 2.05) is 0 Å². The zero-order chi connectivity index (χ0) is 15.7. The number of aryl methyl sites for hydroxylation is 1. The summed E-state index contributed by atoms with van der Waals surface area (Å²) < 4.78 is 41.2. The Morgan fingerprint density at radius 3 is 2.33 bits per heavy atom. The summed E-state index contributed by atoms with van der Waals surface area (Å²) in [5, 5.41) is 2.79. The van der Waals surface area contributed by atoms with Gasteiger partial charge in [-0.3, -0.25) is 0 Å². The van der Waals surface area contributed by atoms with Gasteiger partial charge in [0.05, 0.1) is 11.1 Å². The number of anilines is 1. The van der Waals surface area contributed by atoms with Crippen molar-refractivity contribution in [3.05, 3.63) is 62.9 Å². The van der Waals surface area contributed by atoms with Gasteiger partial charge in [0, 0.05) is 5.02 Å². The van der Waals surface area contributed by atoms with Crippen LogP contribution in [0.1, 0.15) is 24.1 Å². The van der Waals surface area contributed by atoms with Crippen LogP contribution in [-0.2, 0) is 0 Å². The molecule has 1 unspecified atom stereocenters. The van der Waals surface area contributed by atoms with Gasteiger partial charge in [-0.05, 0) is 43.2 Å². The Hall–Kier alpha value is -1.39. The van der Waals surface area contributed by atoms with Crippen molar-refractivity contribution in [2.24, 2.45) is 0 Å². The number of nitrogens with one attached hydrogen (secondary N) is 1. The van der Waals surface area contributed by atoms with E-state index in [0.717, 1.165) is 12.1 Å². The summed E-state index contributed by atoms with van der Waals surface area (Å²) in [5.41, 5.74) is 0.396. The highest BCUT2D eigenvalue weighted by molar-refractivity contribution is 6.35. The summed E-state index contributed by atoms with van der Waals surface area (Å²) in [6.45, 7) is 3.15. The van der Waals surface area contributed by atoms with Crippen molar-refractivity contribution in [2.75, 3.05) is 5.32 Å². The predicted octanol–water partition coefficient (Wildman–Crippen LogP) is 5.89. The Labute approximate surface area is 130 Å². The molecule has 0 aromatic heterocycles. The van der Waals surface area contributed by atoms with E-state index in [1.54, 1.807) is 6.92 Å². The van der Waals surface area contributed by atoms with Crippen LogP contribution in [0.15, 0.2) is 24.3 Å². The molecule has 21 heavy (non-hydrogen) atoms. The van der Waals surface area contributed by atoms with Crippen molar-refractivity contribution >= 4 is 28.9 Å². The summed E-state index contributed by atoms with van der Waals surface area (Å²) >= 11 is 11.6. The van der Waals surface area contributed by atoms with Gasteiger partial charge in [-0.15, -0.1) is 0 Å². The molecule has 0 bridgehead atoms. The van der Waals surface area contributed by atoms with Crippen LogP contribution in [-0.4, -0.2) is 0 Å². The van der Waals surface area contributed by atoms with E-state index in [4.69, 9.17) is 23.2 Å². The van der Waals surface area contributed by atoms with E-state index < -0.39 is 23.5 Å². The third kappa shape index (κ3) is 3.27. The van der Waals surface area contributed by atoms with Gasteiger partial charge in [-0.2, -0.15) is 0 Å². The van der Waals surface area contributed by atoms with Crippen LogP contribution in [0.3, 0.4) is 0 Å². The third-order valence-corrected chi connectivity index (χ3v) is 3.77. The van der Waals surface area contributed by atoms with E-state index in [-0.39, 0.29) is 15.7 Å². The maximum Gasteiger partial charge on any atom is 0.152 e. The summed E-state index contributed by atoms with van der Waals surface area (Å²) in [4.78, 5) is 0. The lowest BCUT2D eigenvalue weighted by atomic mass is 10.1. The molecule has 0 heterocycles. The molecule has 1 nitrogen and oxygen atoms in total. The van der Waals surface area contributed by atoms with Crippen LogP contribution in [0.4, 0.5) is 18.9 Å². The number of hydrogen-bond acceptors (Lipinski definition) is 1. The molecule has 112 valence electrons. The molecular weight excluding hydrogens is 322 g/mol. The minimum absolute atomic E-state index is 0.108. The molecule has 1 atom stereocenters. The Kier molecular flexibility index (Phi) is 4.69. The monoisotopic (exact) mass is 333 g/mol. The standard InChI is InChI=1S/C15H12Cl2F3N/c1-7-3-4-12(18)15(14(7)20)21-8(2)9-5-13(19)11(17)6-10(9)16/h3-6,8,21H,1-2H3. The second-order valence-corrected chi connectivity index (χ2v) is 5.52. The SMILES string of the molecule is Cc1ccc(F)c(NC(C)c2cc(F)c(Cl)cc2Cl)c1F. The lowest BCUT2D eigenvalue weighted by Gasteiger charge is -2.19. The van der Waals surface area contributed by atoms with Gasteiger partial charge in [-0.1, -0.05) is 29.3 Å². The fraction of sp³-hybridized carbons (Fsp3) is 0.200. The zero-order valence-electron chi connectivity index (χ0n) is 11.3. The number of rotatable bonds is 3. The second kappa shape index (κ2) is 6.16. The molecule has 0 aliphatic carbocycles. The Bertz CT molecular complexity index is 689. The van der Waals surface area contributed by atoms with Crippen molar-refractivity contribution in [3.8, 4) is 0 Å². The lowest BCUT2D eigenvalue weighted by Crippen LogP contribution is -2.11.